The summed E-state index contributed by atoms with van der Waals surface area (Å²) >= 11 is 6.16. The monoisotopic (exact) mass is 291 g/mol. The molecule has 1 aliphatic carbocycles. The number of halogens is 1. The number of carbonyl (C=O) groups is 1. The number of alkyl halides is 1. The average molecular weight is 292 g/mol. The third kappa shape index (κ3) is 2.71. The molecule has 0 aromatic heterocycles. The number of amides is 1. The van der Waals surface area contributed by atoms with Crippen LogP contribution in [0, 0.1) is 5.92 Å². The molecule has 2 nitrogen and oxygen atoms in total. The lowest BCUT2D eigenvalue weighted by Crippen LogP contribution is -2.40. The molecule has 1 heterocycles. The Bertz CT molecular complexity index is 504. The maximum Gasteiger partial charge on any atom is 0.253 e. The second-order valence-corrected chi connectivity index (χ2v) is 6.83. The van der Waals surface area contributed by atoms with Crippen molar-refractivity contribution in [2.24, 2.45) is 5.92 Å². The smallest absolute Gasteiger partial charge is 0.253 e. The third-order valence-corrected chi connectivity index (χ3v) is 5.18. The zero-order valence-corrected chi connectivity index (χ0v) is 12.8. The number of carbonyl (C=O) groups excluding carboxylic acids is 1. The van der Waals surface area contributed by atoms with Crippen LogP contribution in [-0.4, -0.2) is 29.3 Å². The summed E-state index contributed by atoms with van der Waals surface area (Å²) in [4.78, 5) is 14.6. The highest BCUT2D eigenvalue weighted by Crippen LogP contribution is 2.26. The molecule has 0 spiro atoms. The highest BCUT2D eigenvalue weighted by atomic mass is 35.5. The van der Waals surface area contributed by atoms with Crippen LogP contribution in [0.25, 0.3) is 0 Å². The van der Waals surface area contributed by atoms with Crippen molar-refractivity contribution in [2.75, 3.05) is 13.1 Å². The first-order valence-electron chi connectivity index (χ1n) is 7.70. The third-order valence-electron chi connectivity index (χ3n) is 4.82. The van der Waals surface area contributed by atoms with E-state index in [2.05, 4.69) is 19.1 Å². The Balaban J connectivity index is 1.68. The van der Waals surface area contributed by atoms with Gasteiger partial charge in [0, 0.05) is 24.0 Å². The predicted octanol–water partition coefficient (Wildman–Crippen LogP) is 3.65. The number of aryl methyl sites for hydroxylation is 2. The molecule has 3 rings (SSSR count). The summed E-state index contributed by atoms with van der Waals surface area (Å²) in [6.07, 6.45) is 5.58. The SMILES string of the molecule is CC(Cl)C1CCN(C(=O)c2ccc3c(c2)CCC3)CC1. The number of nitrogens with zero attached hydrogens (tertiary/aromatic N) is 1. The summed E-state index contributed by atoms with van der Waals surface area (Å²) in [5.74, 6) is 0.751. The van der Waals surface area contributed by atoms with Crippen molar-refractivity contribution >= 4 is 17.5 Å². The van der Waals surface area contributed by atoms with Crippen molar-refractivity contribution in [3.05, 3.63) is 34.9 Å². The van der Waals surface area contributed by atoms with Gasteiger partial charge in [0.2, 0.25) is 0 Å². The van der Waals surface area contributed by atoms with Crippen LogP contribution >= 0.6 is 11.6 Å². The van der Waals surface area contributed by atoms with Crippen molar-refractivity contribution in [1.29, 1.82) is 0 Å². The molecule has 1 aromatic carbocycles. The molecule has 0 bridgehead atoms. The summed E-state index contributed by atoms with van der Waals surface area (Å²) in [5, 5.41) is 0.215. The minimum absolute atomic E-state index is 0.195. The standard InChI is InChI=1S/C17H22ClNO/c1-12(18)13-7-9-19(10-8-13)17(20)16-6-5-14-3-2-4-15(14)11-16/h5-6,11-13H,2-4,7-10H2,1H3. The number of benzene rings is 1. The van der Waals surface area contributed by atoms with Gasteiger partial charge in [-0.1, -0.05) is 6.07 Å². The summed E-state index contributed by atoms with van der Waals surface area (Å²) in [6.45, 7) is 3.75. The molecule has 1 aliphatic heterocycles. The normalized spacial score (nSPS) is 20.8. The van der Waals surface area contributed by atoms with E-state index in [0.717, 1.165) is 37.9 Å². The maximum atomic E-state index is 12.6. The van der Waals surface area contributed by atoms with Gasteiger partial charge in [-0.05, 0) is 68.2 Å². The summed E-state index contributed by atoms with van der Waals surface area (Å²) in [6, 6.07) is 6.26. The van der Waals surface area contributed by atoms with Crippen molar-refractivity contribution in [3.63, 3.8) is 0 Å². The molecule has 1 fully saturated rings. The minimum atomic E-state index is 0.195. The molecule has 20 heavy (non-hydrogen) atoms. The van der Waals surface area contributed by atoms with Gasteiger partial charge in [0.25, 0.3) is 5.91 Å². The zero-order chi connectivity index (χ0) is 14.1. The van der Waals surface area contributed by atoms with Crippen LogP contribution in [0.1, 0.15) is 47.7 Å². The number of fused-ring (bicyclic) bond motifs is 1. The average Bonchev–Trinajstić information content (AvgIpc) is 2.94. The fraction of sp³-hybridized carbons (Fsp3) is 0.588. The van der Waals surface area contributed by atoms with Crippen molar-refractivity contribution in [3.8, 4) is 0 Å². The summed E-state index contributed by atoms with van der Waals surface area (Å²) in [5.41, 5.74) is 3.67. The van der Waals surface area contributed by atoms with E-state index in [1.165, 1.54) is 24.0 Å². The first-order valence-corrected chi connectivity index (χ1v) is 8.14. The maximum absolute atomic E-state index is 12.6. The molecule has 1 saturated heterocycles. The van der Waals surface area contributed by atoms with Crippen LogP contribution in [0.2, 0.25) is 0 Å². The quantitative estimate of drug-likeness (QED) is 0.762. The molecule has 108 valence electrons. The lowest BCUT2D eigenvalue weighted by atomic mass is 9.93. The Kier molecular flexibility index (Phi) is 4.02. The van der Waals surface area contributed by atoms with E-state index >= 15 is 0 Å². The minimum Gasteiger partial charge on any atom is -0.339 e. The Morgan fingerprint density at radius 1 is 1.25 bits per heavy atom. The van der Waals surface area contributed by atoms with Gasteiger partial charge < -0.3 is 4.90 Å². The molecular weight excluding hydrogens is 270 g/mol. The van der Waals surface area contributed by atoms with Crippen LogP contribution in [0.3, 0.4) is 0 Å². The lowest BCUT2D eigenvalue weighted by molar-refractivity contribution is 0.0690. The number of likely N-dealkylation sites (tertiary alicyclic amines) is 1. The van der Waals surface area contributed by atoms with E-state index in [9.17, 15) is 4.79 Å². The largest absolute Gasteiger partial charge is 0.339 e. The molecule has 0 radical (unpaired) electrons. The number of rotatable bonds is 2. The van der Waals surface area contributed by atoms with E-state index in [-0.39, 0.29) is 11.3 Å². The Morgan fingerprint density at radius 2 is 1.95 bits per heavy atom. The van der Waals surface area contributed by atoms with Gasteiger partial charge in [-0.25, -0.2) is 0 Å². The van der Waals surface area contributed by atoms with E-state index in [4.69, 9.17) is 11.6 Å². The molecule has 1 atom stereocenters. The van der Waals surface area contributed by atoms with Crippen LogP contribution in [0.4, 0.5) is 0 Å². The second-order valence-electron chi connectivity index (χ2n) is 6.14. The summed E-state index contributed by atoms with van der Waals surface area (Å²) < 4.78 is 0. The van der Waals surface area contributed by atoms with Gasteiger partial charge in [0.05, 0.1) is 0 Å². The van der Waals surface area contributed by atoms with Gasteiger partial charge in [-0.3, -0.25) is 4.79 Å². The van der Waals surface area contributed by atoms with Crippen LogP contribution < -0.4 is 0 Å². The first-order chi connectivity index (χ1) is 9.65. The highest BCUT2D eigenvalue weighted by molar-refractivity contribution is 6.20. The van der Waals surface area contributed by atoms with Gasteiger partial charge in [-0.2, -0.15) is 0 Å². The first kappa shape index (κ1) is 13.9. The molecule has 0 saturated carbocycles. The van der Waals surface area contributed by atoms with E-state index in [0.29, 0.717) is 5.92 Å². The molecule has 1 aromatic rings. The van der Waals surface area contributed by atoms with Crippen LogP contribution in [0.5, 0.6) is 0 Å². The fourth-order valence-corrected chi connectivity index (χ4v) is 3.70. The molecule has 1 unspecified atom stereocenters. The molecule has 1 amide bonds. The molecule has 0 N–H and O–H groups in total. The Labute approximate surface area is 126 Å². The number of piperidine rings is 1. The number of hydrogen-bond donors (Lipinski definition) is 0. The van der Waals surface area contributed by atoms with Crippen LogP contribution in [-0.2, 0) is 12.8 Å². The zero-order valence-electron chi connectivity index (χ0n) is 12.1. The van der Waals surface area contributed by atoms with E-state index < -0.39 is 0 Å². The van der Waals surface area contributed by atoms with Gasteiger partial charge in [0.15, 0.2) is 0 Å². The van der Waals surface area contributed by atoms with Gasteiger partial charge >= 0.3 is 0 Å². The van der Waals surface area contributed by atoms with Gasteiger partial charge in [-0.15, -0.1) is 11.6 Å². The second kappa shape index (κ2) is 5.77. The molecular formula is C17H22ClNO. The molecule has 2 aliphatic rings. The molecule has 3 heteroatoms. The van der Waals surface area contributed by atoms with E-state index in [1.807, 2.05) is 11.0 Å². The summed E-state index contributed by atoms with van der Waals surface area (Å²) in [7, 11) is 0. The van der Waals surface area contributed by atoms with Crippen molar-refractivity contribution in [2.45, 2.75) is 44.4 Å². The highest BCUT2D eigenvalue weighted by Gasteiger charge is 2.26. The van der Waals surface area contributed by atoms with Crippen LogP contribution in [0.15, 0.2) is 18.2 Å². The predicted molar refractivity (Wildman–Crippen MR) is 82.4 cm³/mol. The Hall–Kier alpha value is -1.02. The van der Waals surface area contributed by atoms with Crippen molar-refractivity contribution < 1.29 is 4.79 Å². The Morgan fingerprint density at radius 3 is 2.65 bits per heavy atom. The fourth-order valence-electron chi connectivity index (χ4n) is 3.45. The van der Waals surface area contributed by atoms with Gasteiger partial charge in [0.1, 0.15) is 0 Å². The number of hydrogen-bond acceptors (Lipinski definition) is 1. The topological polar surface area (TPSA) is 20.3 Å². The van der Waals surface area contributed by atoms with Crippen molar-refractivity contribution in [1.82, 2.24) is 4.90 Å². The van der Waals surface area contributed by atoms with E-state index in [1.54, 1.807) is 0 Å². The lowest BCUT2D eigenvalue weighted by Gasteiger charge is -2.33.